The van der Waals surface area contributed by atoms with E-state index in [2.05, 4.69) is 15.5 Å². The summed E-state index contributed by atoms with van der Waals surface area (Å²) in [5, 5.41) is 10.3. The van der Waals surface area contributed by atoms with Crippen LogP contribution in [0.2, 0.25) is 0 Å². The molecule has 0 bridgehead atoms. The number of benzene rings is 1. The van der Waals surface area contributed by atoms with E-state index in [1.165, 1.54) is 0 Å². The predicted molar refractivity (Wildman–Crippen MR) is 70.9 cm³/mol. The van der Waals surface area contributed by atoms with Crippen molar-refractivity contribution < 1.29 is 9.47 Å². The molecule has 96 valence electrons. The lowest BCUT2D eigenvalue weighted by Crippen LogP contribution is -2.07. The van der Waals surface area contributed by atoms with Gasteiger partial charge in [-0.1, -0.05) is 0 Å². The molecule has 0 saturated heterocycles. The van der Waals surface area contributed by atoms with Gasteiger partial charge in [-0.25, -0.2) is 0 Å². The number of nitrogens with zero attached hydrogens (tertiary/aromatic N) is 1. The first kappa shape index (κ1) is 12.4. The Hall–Kier alpha value is -2.01. The van der Waals surface area contributed by atoms with E-state index in [4.69, 9.17) is 9.47 Å². The number of aromatic amines is 1. The van der Waals surface area contributed by atoms with Crippen molar-refractivity contribution in [2.75, 3.05) is 32.7 Å². The van der Waals surface area contributed by atoms with Crippen LogP contribution >= 0.6 is 0 Å². The van der Waals surface area contributed by atoms with Crippen LogP contribution in [0.4, 0.5) is 5.82 Å². The molecule has 18 heavy (non-hydrogen) atoms. The van der Waals surface area contributed by atoms with Gasteiger partial charge in [0, 0.05) is 19.7 Å². The van der Waals surface area contributed by atoms with Crippen LogP contribution in [-0.2, 0) is 4.74 Å². The third-order valence-corrected chi connectivity index (χ3v) is 2.59. The zero-order chi connectivity index (χ0) is 12.8. The van der Waals surface area contributed by atoms with Crippen molar-refractivity contribution in [3.8, 4) is 17.0 Å². The zero-order valence-electron chi connectivity index (χ0n) is 10.6. The summed E-state index contributed by atoms with van der Waals surface area (Å²) in [5.41, 5.74) is 2.04. The Morgan fingerprint density at radius 1 is 1.22 bits per heavy atom. The van der Waals surface area contributed by atoms with Gasteiger partial charge in [-0.15, -0.1) is 0 Å². The number of nitrogens with one attached hydrogen (secondary N) is 2. The lowest BCUT2D eigenvalue weighted by molar-refractivity contribution is 0.210. The van der Waals surface area contributed by atoms with Crippen LogP contribution in [0.15, 0.2) is 30.3 Å². The highest BCUT2D eigenvalue weighted by molar-refractivity contribution is 5.63. The summed E-state index contributed by atoms with van der Waals surface area (Å²) in [4.78, 5) is 0. The SMILES string of the molecule is COCCNc1cc(-c2ccc(OC)cc2)[nH]n1. The number of H-pyrrole nitrogens is 1. The molecule has 5 nitrogen and oxygen atoms in total. The molecule has 0 aliphatic heterocycles. The Kier molecular flexibility index (Phi) is 4.20. The molecule has 0 aliphatic rings. The summed E-state index contributed by atoms with van der Waals surface area (Å²) >= 11 is 0. The lowest BCUT2D eigenvalue weighted by Gasteiger charge is -2.01. The van der Waals surface area contributed by atoms with Gasteiger partial charge in [0.05, 0.1) is 19.4 Å². The minimum absolute atomic E-state index is 0.657. The number of hydrogen-bond acceptors (Lipinski definition) is 4. The maximum atomic E-state index is 5.12. The minimum atomic E-state index is 0.657. The maximum Gasteiger partial charge on any atom is 0.148 e. The third-order valence-electron chi connectivity index (χ3n) is 2.59. The highest BCUT2D eigenvalue weighted by atomic mass is 16.5. The predicted octanol–water partition coefficient (Wildman–Crippen LogP) is 2.14. The number of ether oxygens (including phenoxy) is 2. The fraction of sp³-hybridized carbons (Fsp3) is 0.308. The molecule has 0 radical (unpaired) electrons. The summed E-state index contributed by atoms with van der Waals surface area (Å²) in [6.07, 6.45) is 0. The second kappa shape index (κ2) is 6.07. The quantitative estimate of drug-likeness (QED) is 0.768. The van der Waals surface area contributed by atoms with E-state index in [0.717, 1.165) is 29.4 Å². The van der Waals surface area contributed by atoms with Gasteiger partial charge < -0.3 is 14.8 Å². The van der Waals surface area contributed by atoms with Crippen molar-refractivity contribution >= 4 is 5.82 Å². The average molecular weight is 247 g/mol. The molecular weight excluding hydrogens is 230 g/mol. The summed E-state index contributed by atoms with van der Waals surface area (Å²) in [5.74, 6) is 1.66. The van der Waals surface area contributed by atoms with Crippen molar-refractivity contribution in [1.29, 1.82) is 0 Å². The molecule has 1 aromatic heterocycles. The van der Waals surface area contributed by atoms with Crippen LogP contribution in [-0.4, -0.2) is 37.6 Å². The Morgan fingerprint density at radius 2 is 2.00 bits per heavy atom. The topological polar surface area (TPSA) is 59.2 Å². The summed E-state index contributed by atoms with van der Waals surface area (Å²) < 4.78 is 10.1. The molecule has 0 saturated carbocycles. The van der Waals surface area contributed by atoms with E-state index < -0.39 is 0 Å². The molecule has 0 fully saturated rings. The Morgan fingerprint density at radius 3 is 2.67 bits per heavy atom. The molecule has 2 N–H and O–H groups in total. The smallest absolute Gasteiger partial charge is 0.148 e. The fourth-order valence-electron chi connectivity index (χ4n) is 1.61. The number of rotatable bonds is 6. The summed E-state index contributed by atoms with van der Waals surface area (Å²) in [6, 6.07) is 9.80. The van der Waals surface area contributed by atoms with Gasteiger partial charge in [0.2, 0.25) is 0 Å². The average Bonchev–Trinajstić information content (AvgIpc) is 2.88. The zero-order valence-corrected chi connectivity index (χ0v) is 10.6. The third kappa shape index (κ3) is 3.01. The number of hydrogen-bond donors (Lipinski definition) is 2. The van der Waals surface area contributed by atoms with Crippen LogP contribution in [0.3, 0.4) is 0 Å². The maximum absolute atomic E-state index is 5.12. The standard InChI is InChI=1S/C13H17N3O2/c1-17-8-7-14-13-9-12(15-16-13)10-3-5-11(18-2)6-4-10/h3-6,9H,7-8H2,1-2H3,(H2,14,15,16). The first-order valence-electron chi connectivity index (χ1n) is 5.76. The van der Waals surface area contributed by atoms with Crippen LogP contribution in [0.25, 0.3) is 11.3 Å². The van der Waals surface area contributed by atoms with Crippen LogP contribution < -0.4 is 10.1 Å². The van der Waals surface area contributed by atoms with Gasteiger partial charge in [-0.05, 0) is 29.8 Å². The van der Waals surface area contributed by atoms with Gasteiger partial charge in [0.25, 0.3) is 0 Å². The van der Waals surface area contributed by atoms with Gasteiger partial charge >= 0.3 is 0 Å². The van der Waals surface area contributed by atoms with E-state index in [1.807, 2.05) is 30.3 Å². The first-order chi connectivity index (χ1) is 8.83. The molecule has 1 aromatic carbocycles. The monoisotopic (exact) mass is 247 g/mol. The Bertz CT molecular complexity index is 479. The summed E-state index contributed by atoms with van der Waals surface area (Å²) in [6.45, 7) is 1.40. The van der Waals surface area contributed by atoms with Crippen molar-refractivity contribution in [3.05, 3.63) is 30.3 Å². The molecule has 0 spiro atoms. The summed E-state index contributed by atoms with van der Waals surface area (Å²) in [7, 11) is 3.33. The van der Waals surface area contributed by atoms with E-state index in [1.54, 1.807) is 14.2 Å². The minimum Gasteiger partial charge on any atom is -0.497 e. The van der Waals surface area contributed by atoms with Crippen molar-refractivity contribution in [2.45, 2.75) is 0 Å². The first-order valence-corrected chi connectivity index (χ1v) is 5.76. The van der Waals surface area contributed by atoms with Crippen molar-refractivity contribution in [2.24, 2.45) is 0 Å². The van der Waals surface area contributed by atoms with Crippen molar-refractivity contribution in [3.63, 3.8) is 0 Å². The molecular formula is C13H17N3O2. The molecule has 1 heterocycles. The molecule has 0 atom stereocenters. The van der Waals surface area contributed by atoms with Gasteiger partial charge in [0.15, 0.2) is 0 Å². The number of methoxy groups -OCH3 is 2. The lowest BCUT2D eigenvalue weighted by atomic mass is 10.1. The molecule has 0 amide bonds. The number of anilines is 1. The van der Waals surface area contributed by atoms with Gasteiger partial charge in [-0.3, -0.25) is 5.10 Å². The number of aromatic nitrogens is 2. The second-order valence-electron chi connectivity index (χ2n) is 3.81. The normalized spacial score (nSPS) is 10.3. The van der Waals surface area contributed by atoms with Gasteiger partial charge in [0.1, 0.15) is 11.6 Å². The van der Waals surface area contributed by atoms with E-state index in [9.17, 15) is 0 Å². The van der Waals surface area contributed by atoms with Crippen molar-refractivity contribution in [1.82, 2.24) is 10.2 Å². The highest BCUT2D eigenvalue weighted by Crippen LogP contribution is 2.22. The highest BCUT2D eigenvalue weighted by Gasteiger charge is 2.03. The molecule has 0 unspecified atom stereocenters. The van der Waals surface area contributed by atoms with E-state index in [-0.39, 0.29) is 0 Å². The van der Waals surface area contributed by atoms with E-state index >= 15 is 0 Å². The van der Waals surface area contributed by atoms with Crippen LogP contribution in [0.5, 0.6) is 5.75 Å². The molecule has 2 rings (SSSR count). The Labute approximate surface area is 106 Å². The largest absolute Gasteiger partial charge is 0.497 e. The molecule has 5 heteroatoms. The van der Waals surface area contributed by atoms with Gasteiger partial charge in [-0.2, -0.15) is 5.10 Å². The second-order valence-corrected chi connectivity index (χ2v) is 3.81. The molecule has 0 aliphatic carbocycles. The molecule has 2 aromatic rings. The van der Waals surface area contributed by atoms with E-state index in [0.29, 0.717) is 6.61 Å². The van der Waals surface area contributed by atoms with Crippen LogP contribution in [0.1, 0.15) is 0 Å². The Balaban J connectivity index is 2.04. The van der Waals surface area contributed by atoms with Crippen LogP contribution in [0, 0.1) is 0 Å². The fourth-order valence-corrected chi connectivity index (χ4v) is 1.61.